The van der Waals surface area contributed by atoms with Crippen molar-refractivity contribution in [3.8, 4) is 0 Å². The first-order chi connectivity index (χ1) is 10.2. The number of hydrogen-bond acceptors (Lipinski definition) is 4. The van der Waals surface area contributed by atoms with Gasteiger partial charge < -0.3 is 31.5 Å². The maximum Gasteiger partial charge on any atom is 0.306 e. The number of likely N-dealkylation sites (N-methyl/N-ethyl adjacent to an activating group) is 1. The van der Waals surface area contributed by atoms with Crippen LogP contribution in [0.25, 0.3) is 0 Å². The standard InChI is InChI=1S/C17H33NO4.ClH/c1-5-6-7-8-9-10-11-12-17(21)22-15(13-16(19)20)14-18(2,3)4;/h15H,5-14H2,1-4H3;1H/p-1/t15-;/m1./s1. The number of quaternary nitrogens is 1. The Bertz CT molecular complexity index is 329. The Morgan fingerprint density at radius 2 is 1.52 bits per heavy atom. The summed E-state index contributed by atoms with van der Waals surface area (Å²) in [7, 11) is 5.81. The summed E-state index contributed by atoms with van der Waals surface area (Å²) in [6.45, 7) is 2.66. The Labute approximate surface area is 147 Å². The van der Waals surface area contributed by atoms with E-state index in [2.05, 4.69) is 6.92 Å². The Kier molecular flexibility index (Phi) is 14.5. The summed E-state index contributed by atoms with van der Waals surface area (Å²) in [4.78, 5) is 22.6. The Hall–Kier alpha value is -0.810. The van der Waals surface area contributed by atoms with Gasteiger partial charge in [0.2, 0.25) is 0 Å². The molecule has 0 saturated heterocycles. The second-order valence-corrected chi connectivity index (χ2v) is 7.03. The smallest absolute Gasteiger partial charge is 0.306 e. The summed E-state index contributed by atoms with van der Waals surface area (Å²) < 4.78 is 5.85. The first-order valence-corrected chi connectivity index (χ1v) is 8.44. The molecule has 0 rings (SSSR count). The van der Waals surface area contributed by atoms with Gasteiger partial charge in [-0.1, -0.05) is 45.4 Å². The maximum absolute atomic E-state index is 11.8. The van der Waals surface area contributed by atoms with Gasteiger partial charge in [0.25, 0.3) is 0 Å². The highest BCUT2D eigenvalue weighted by atomic mass is 35.5. The predicted molar refractivity (Wildman–Crippen MR) is 85.0 cm³/mol. The number of carboxylic acids is 1. The van der Waals surface area contributed by atoms with E-state index in [-0.39, 0.29) is 24.8 Å². The van der Waals surface area contributed by atoms with Crippen LogP contribution in [0.3, 0.4) is 0 Å². The van der Waals surface area contributed by atoms with Crippen molar-refractivity contribution in [2.24, 2.45) is 0 Å². The molecule has 138 valence electrons. The van der Waals surface area contributed by atoms with Crippen LogP contribution < -0.4 is 17.5 Å². The molecule has 0 amide bonds. The van der Waals surface area contributed by atoms with Gasteiger partial charge in [0.05, 0.1) is 21.1 Å². The van der Waals surface area contributed by atoms with Crippen molar-refractivity contribution in [2.75, 3.05) is 27.7 Å². The van der Waals surface area contributed by atoms with E-state index in [9.17, 15) is 14.7 Å². The quantitative estimate of drug-likeness (QED) is 0.240. The third-order valence-electron chi connectivity index (χ3n) is 3.43. The average Bonchev–Trinajstić information content (AvgIpc) is 2.34. The number of carboxylic acid groups (broad SMARTS) is 1. The fourth-order valence-corrected chi connectivity index (χ4v) is 2.41. The minimum absolute atomic E-state index is 0. The lowest BCUT2D eigenvalue weighted by Crippen LogP contribution is -3.00. The molecule has 0 fully saturated rings. The number of esters is 1. The number of hydrogen-bond donors (Lipinski definition) is 0. The molecule has 6 heteroatoms. The zero-order valence-electron chi connectivity index (χ0n) is 15.1. The van der Waals surface area contributed by atoms with E-state index in [1.54, 1.807) is 0 Å². The molecule has 0 spiro atoms. The molecule has 0 unspecified atom stereocenters. The molecular weight excluding hydrogens is 318 g/mol. The Morgan fingerprint density at radius 1 is 1.00 bits per heavy atom. The molecule has 23 heavy (non-hydrogen) atoms. The zero-order chi connectivity index (χ0) is 17.0. The monoisotopic (exact) mass is 350 g/mol. The molecule has 0 aromatic rings. The van der Waals surface area contributed by atoms with Crippen molar-refractivity contribution in [3.05, 3.63) is 0 Å². The number of ether oxygens (including phenoxy) is 1. The molecule has 0 saturated carbocycles. The van der Waals surface area contributed by atoms with Gasteiger partial charge in [-0.2, -0.15) is 0 Å². The molecule has 0 aliphatic rings. The molecule has 0 aromatic heterocycles. The SMILES string of the molecule is CCCCCCCCCC(=O)O[C@H](CC(=O)[O-])C[N+](C)(C)C.[Cl-]. The van der Waals surface area contributed by atoms with Crippen molar-refractivity contribution >= 4 is 11.9 Å². The minimum atomic E-state index is -1.18. The van der Waals surface area contributed by atoms with Crippen LogP contribution >= 0.6 is 0 Å². The highest BCUT2D eigenvalue weighted by molar-refractivity contribution is 5.70. The molecule has 0 aliphatic heterocycles. The van der Waals surface area contributed by atoms with Gasteiger partial charge in [-0.05, 0) is 6.42 Å². The molecular formula is C17H33ClNO4-. The normalized spacial score (nSPS) is 12.3. The van der Waals surface area contributed by atoms with E-state index in [0.29, 0.717) is 17.4 Å². The highest BCUT2D eigenvalue weighted by Crippen LogP contribution is 2.11. The lowest BCUT2D eigenvalue weighted by atomic mass is 10.1. The highest BCUT2D eigenvalue weighted by Gasteiger charge is 2.22. The number of aliphatic carboxylic acids is 1. The van der Waals surface area contributed by atoms with Gasteiger partial charge in [-0.3, -0.25) is 4.79 Å². The van der Waals surface area contributed by atoms with Crippen LogP contribution in [-0.4, -0.2) is 50.2 Å². The molecule has 0 aliphatic carbocycles. The molecule has 0 heterocycles. The second kappa shape index (κ2) is 13.6. The van der Waals surface area contributed by atoms with Gasteiger partial charge >= 0.3 is 5.97 Å². The first-order valence-electron chi connectivity index (χ1n) is 8.44. The number of halogens is 1. The number of carbonyl (C=O) groups is 2. The fourth-order valence-electron chi connectivity index (χ4n) is 2.41. The van der Waals surface area contributed by atoms with E-state index >= 15 is 0 Å². The largest absolute Gasteiger partial charge is 1.00 e. The van der Waals surface area contributed by atoms with Crippen LogP contribution in [-0.2, 0) is 14.3 Å². The van der Waals surface area contributed by atoms with Gasteiger partial charge in [0, 0.05) is 18.8 Å². The van der Waals surface area contributed by atoms with Crippen molar-refractivity contribution in [2.45, 2.75) is 70.8 Å². The lowest BCUT2D eigenvalue weighted by Gasteiger charge is -2.29. The zero-order valence-corrected chi connectivity index (χ0v) is 15.9. The number of unbranched alkanes of at least 4 members (excludes halogenated alkanes) is 6. The average molecular weight is 351 g/mol. The van der Waals surface area contributed by atoms with Gasteiger partial charge in [-0.15, -0.1) is 0 Å². The van der Waals surface area contributed by atoms with Crippen LogP contribution in [0.15, 0.2) is 0 Å². The van der Waals surface area contributed by atoms with Crippen molar-refractivity contribution in [1.82, 2.24) is 0 Å². The van der Waals surface area contributed by atoms with Crippen molar-refractivity contribution in [1.29, 1.82) is 0 Å². The second-order valence-electron chi connectivity index (χ2n) is 7.03. The van der Waals surface area contributed by atoms with E-state index in [1.807, 2.05) is 21.1 Å². The Morgan fingerprint density at radius 3 is 2.00 bits per heavy atom. The number of nitrogens with zero attached hydrogens (tertiary/aromatic N) is 1. The molecule has 5 nitrogen and oxygen atoms in total. The summed E-state index contributed by atoms with van der Waals surface area (Å²) in [6, 6.07) is 0. The Balaban J connectivity index is 0. The van der Waals surface area contributed by atoms with Crippen LogP contribution in [0.5, 0.6) is 0 Å². The molecule has 0 aromatic carbocycles. The summed E-state index contributed by atoms with van der Waals surface area (Å²) in [5, 5.41) is 10.8. The molecule has 0 N–H and O–H groups in total. The van der Waals surface area contributed by atoms with Crippen LogP contribution in [0.4, 0.5) is 0 Å². The van der Waals surface area contributed by atoms with Gasteiger partial charge in [-0.25, -0.2) is 0 Å². The fraction of sp³-hybridized carbons (Fsp3) is 0.882. The maximum atomic E-state index is 11.8. The van der Waals surface area contributed by atoms with E-state index < -0.39 is 12.1 Å². The molecule has 1 atom stereocenters. The third-order valence-corrected chi connectivity index (χ3v) is 3.43. The van der Waals surface area contributed by atoms with Crippen LogP contribution in [0.2, 0.25) is 0 Å². The van der Waals surface area contributed by atoms with Gasteiger partial charge in [0.1, 0.15) is 6.54 Å². The van der Waals surface area contributed by atoms with Crippen LogP contribution in [0.1, 0.15) is 64.7 Å². The van der Waals surface area contributed by atoms with Gasteiger partial charge in [0.15, 0.2) is 6.10 Å². The van der Waals surface area contributed by atoms with E-state index in [0.717, 1.165) is 19.3 Å². The van der Waals surface area contributed by atoms with Crippen LogP contribution in [0, 0.1) is 0 Å². The number of rotatable bonds is 13. The number of carbonyl (C=O) groups excluding carboxylic acids is 2. The van der Waals surface area contributed by atoms with Crippen molar-refractivity contribution in [3.63, 3.8) is 0 Å². The summed E-state index contributed by atoms with van der Waals surface area (Å²) in [5.74, 6) is -1.48. The van der Waals surface area contributed by atoms with E-state index in [4.69, 9.17) is 4.74 Å². The van der Waals surface area contributed by atoms with Crippen molar-refractivity contribution < 1.29 is 36.3 Å². The lowest BCUT2D eigenvalue weighted by molar-refractivity contribution is -0.873. The topological polar surface area (TPSA) is 66.4 Å². The molecule has 0 radical (unpaired) electrons. The van der Waals surface area contributed by atoms with E-state index in [1.165, 1.54) is 25.7 Å². The predicted octanol–water partition coefficient (Wildman–Crippen LogP) is -1.11. The summed E-state index contributed by atoms with van der Waals surface area (Å²) >= 11 is 0. The first kappa shape index (κ1) is 24.4. The minimum Gasteiger partial charge on any atom is -1.00 e. The summed E-state index contributed by atoms with van der Waals surface area (Å²) in [5.41, 5.74) is 0. The summed E-state index contributed by atoms with van der Waals surface area (Å²) in [6.07, 6.45) is 7.50. The third kappa shape index (κ3) is 17.4. The molecule has 0 bridgehead atoms.